The fraction of sp³-hybridized carbons (Fsp3) is 0.692. The Hall–Kier alpha value is -1.88. The van der Waals surface area contributed by atoms with Crippen molar-refractivity contribution in [1.29, 1.82) is 0 Å². The first-order valence-electron chi connectivity index (χ1n) is 12.3. The second-order valence-electron chi connectivity index (χ2n) is 10.9. The van der Waals surface area contributed by atoms with E-state index >= 15 is 0 Å². The smallest absolute Gasteiger partial charge is 0.242 e. The van der Waals surface area contributed by atoms with Crippen molar-refractivity contribution in [2.45, 2.75) is 58.4 Å². The maximum atomic E-state index is 13.1. The van der Waals surface area contributed by atoms with E-state index in [-0.39, 0.29) is 23.8 Å². The number of nitrogens with zero attached hydrogens (tertiary/aromatic N) is 2. The molecule has 4 saturated carbocycles. The van der Waals surface area contributed by atoms with Gasteiger partial charge < -0.3 is 10.2 Å². The number of amides is 2. The van der Waals surface area contributed by atoms with E-state index in [4.69, 9.17) is 0 Å². The molecule has 5 heteroatoms. The summed E-state index contributed by atoms with van der Waals surface area (Å²) in [4.78, 5) is 30.3. The summed E-state index contributed by atoms with van der Waals surface area (Å²) >= 11 is 0. The van der Waals surface area contributed by atoms with Crippen LogP contribution in [-0.2, 0) is 9.59 Å². The molecule has 0 spiro atoms. The summed E-state index contributed by atoms with van der Waals surface area (Å²) in [5.74, 6) is 2.47. The molecule has 1 aliphatic heterocycles. The molecule has 5 fully saturated rings. The molecule has 1 atom stereocenters. The van der Waals surface area contributed by atoms with E-state index in [2.05, 4.69) is 48.3 Å². The van der Waals surface area contributed by atoms with Gasteiger partial charge in [0.05, 0.1) is 6.54 Å². The number of carbonyl (C=O) groups excluding carboxylic acids is 2. The summed E-state index contributed by atoms with van der Waals surface area (Å²) in [5, 5.41) is 3.06. The van der Waals surface area contributed by atoms with Crippen LogP contribution >= 0.6 is 0 Å². The van der Waals surface area contributed by atoms with Gasteiger partial charge >= 0.3 is 0 Å². The molecule has 1 saturated heterocycles. The van der Waals surface area contributed by atoms with Crippen LogP contribution in [0.25, 0.3) is 0 Å². The first-order valence-corrected chi connectivity index (χ1v) is 12.3. The highest BCUT2D eigenvalue weighted by atomic mass is 16.2. The minimum Gasteiger partial charge on any atom is -0.347 e. The van der Waals surface area contributed by atoms with Crippen LogP contribution in [0.4, 0.5) is 0 Å². The summed E-state index contributed by atoms with van der Waals surface area (Å²) in [6, 6.07) is 9.04. The Bertz CT molecular complexity index is 808. The number of hydrogen-bond acceptors (Lipinski definition) is 3. The number of nitrogens with one attached hydrogen (secondary N) is 1. The van der Waals surface area contributed by atoms with Crippen molar-refractivity contribution in [3.05, 3.63) is 35.4 Å². The zero-order valence-corrected chi connectivity index (χ0v) is 19.1. The van der Waals surface area contributed by atoms with Gasteiger partial charge in [0.25, 0.3) is 0 Å². The molecule has 1 aromatic carbocycles. The fourth-order valence-corrected chi connectivity index (χ4v) is 7.34. The van der Waals surface area contributed by atoms with E-state index in [1.165, 1.54) is 30.4 Å². The van der Waals surface area contributed by atoms with Gasteiger partial charge in [-0.2, -0.15) is 0 Å². The molecule has 2 amide bonds. The van der Waals surface area contributed by atoms with Gasteiger partial charge in [-0.3, -0.25) is 14.5 Å². The number of carbonyl (C=O) groups is 2. The maximum absolute atomic E-state index is 13.1. The van der Waals surface area contributed by atoms with E-state index in [1.54, 1.807) is 0 Å². The third kappa shape index (κ3) is 4.13. The lowest BCUT2D eigenvalue weighted by atomic mass is 9.49. The lowest BCUT2D eigenvalue weighted by Crippen LogP contribution is -2.56. The van der Waals surface area contributed by atoms with Crippen LogP contribution in [0.3, 0.4) is 0 Å². The standard InChI is InChI=1S/C26H37N3O2/c1-18-4-3-5-23(10-18)19(2)28-6-8-29(9-7-28)24(30)17-27-25(31)26-14-20-11-21(15-26)13-22(12-20)16-26/h3-5,10,19-22H,6-9,11-17H2,1-2H3,(H,27,31). The molecular weight excluding hydrogens is 386 g/mol. The normalized spacial score (nSPS) is 33.4. The molecule has 1 unspecified atom stereocenters. The lowest BCUT2D eigenvalue weighted by Gasteiger charge is -2.55. The van der Waals surface area contributed by atoms with E-state index < -0.39 is 0 Å². The Morgan fingerprint density at radius 1 is 1.03 bits per heavy atom. The number of hydrogen-bond donors (Lipinski definition) is 1. The summed E-state index contributed by atoms with van der Waals surface area (Å²) in [6.07, 6.45) is 7.14. The van der Waals surface area contributed by atoms with Crippen molar-refractivity contribution in [2.24, 2.45) is 23.2 Å². The molecule has 168 valence electrons. The van der Waals surface area contributed by atoms with Crippen LogP contribution in [-0.4, -0.2) is 54.3 Å². The summed E-state index contributed by atoms with van der Waals surface area (Å²) in [5.41, 5.74) is 2.45. The van der Waals surface area contributed by atoms with E-state index in [0.717, 1.165) is 63.2 Å². The van der Waals surface area contributed by atoms with Crippen LogP contribution in [0.5, 0.6) is 0 Å². The molecular formula is C26H37N3O2. The fourth-order valence-electron chi connectivity index (χ4n) is 7.34. The molecule has 1 heterocycles. The van der Waals surface area contributed by atoms with Crippen molar-refractivity contribution in [3.63, 3.8) is 0 Å². The summed E-state index contributed by atoms with van der Waals surface area (Å²) < 4.78 is 0. The quantitative estimate of drug-likeness (QED) is 0.788. The molecule has 0 aromatic heterocycles. The van der Waals surface area contributed by atoms with Crippen molar-refractivity contribution in [1.82, 2.24) is 15.1 Å². The third-order valence-electron chi connectivity index (χ3n) is 8.66. The minimum absolute atomic E-state index is 0.0703. The predicted molar refractivity (Wildman–Crippen MR) is 121 cm³/mol. The Morgan fingerprint density at radius 3 is 2.23 bits per heavy atom. The average molecular weight is 424 g/mol. The second-order valence-corrected chi connectivity index (χ2v) is 10.9. The highest BCUT2D eigenvalue weighted by Gasteiger charge is 2.54. The van der Waals surface area contributed by atoms with Crippen LogP contribution in [0, 0.1) is 30.1 Å². The van der Waals surface area contributed by atoms with Crippen LogP contribution in [0.2, 0.25) is 0 Å². The van der Waals surface area contributed by atoms with Crippen LogP contribution < -0.4 is 5.32 Å². The van der Waals surface area contributed by atoms with Crippen molar-refractivity contribution < 1.29 is 9.59 Å². The van der Waals surface area contributed by atoms with E-state index in [0.29, 0.717) is 6.04 Å². The van der Waals surface area contributed by atoms with Crippen molar-refractivity contribution in [3.8, 4) is 0 Å². The molecule has 1 N–H and O–H groups in total. The first kappa shape index (κ1) is 21.0. The van der Waals surface area contributed by atoms with E-state index in [1.807, 2.05) is 4.90 Å². The van der Waals surface area contributed by atoms with Crippen molar-refractivity contribution in [2.75, 3.05) is 32.7 Å². The molecule has 31 heavy (non-hydrogen) atoms. The molecule has 4 aliphatic carbocycles. The van der Waals surface area contributed by atoms with E-state index in [9.17, 15) is 9.59 Å². The number of aryl methyl sites for hydroxylation is 1. The van der Waals surface area contributed by atoms with Gasteiger partial charge in [0.1, 0.15) is 0 Å². The highest BCUT2D eigenvalue weighted by Crippen LogP contribution is 2.60. The summed E-state index contributed by atoms with van der Waals surface area (Å²) in [6.45, 7) is 7.77. The van der Waals surface area contributed by atoms with Crippen LogP contribution in [0.15, 0.2) is 24.3 Å². The van der Waals surface area contributed by atoms with Crippen molar-refractivity contribution >= 4 is 11.8 Å². The molecule has 5 nitrogen and oxygen atoms in total. The lowest BCUT2D eigenvalue weighted by molar-refractivity contribution is -0.148. The Labute approximate surface area is 186 Å². The first-order chi connectivity index (χ1) is 14.9. The summed E-state index contributed by atoms with van der Waals surface area (Å²) in [7, 11) is 0. The van der Waals surface area contributed by atoms with Gasteiger partial charge in [-0.05, 0) is 75.7 Å². The van der Waals surface area contributed by atoms with Crippen LogP contribution in [0.1, 0.15) is 62.6 Å². The largest absolute Gasteiger partial charge is 0.347 e. The Kier molecular flexibility index (Phi) is 5.58. The molecule has 5 aliphatic rings. The zero-order valence-electron chi connectivity index (χ0n) is 19.1. The predicted octanol–water partition coefficient (Wildman–Crippen LogP) is 3.53. The van der Waals surface area contributed by atoms with Gasteiger partial charge in [0.15, 0.2) is 0 Å². The van der Waals surface area contributed by atoms with Gasteiger partial charge in [-0.1, -0.05) is 29.8 Å². The van der Waals surface area contributed by atoms with Gasteiger partial charge in [0.2, 0.25) is 11.8 Å². The van der Waals surface area contributed by atoms with Gasteiger partial charge in [-0.25, -0.2) is 0 Å². The highest BCUT2D eigenvalue weighted by molar-refractivity contribution is 5.88. The monoisotopic (exact) mass is 423 g/mol. The third-order valence-corrected chi connectivity index (χ3v) is 8.66. The maximum Gasteiger partial charge on any atom is 0.242 e. The average Bonchev–Trinajstić information content (AvgIpc) is 2.76. The topological polar surface area (TPSA) is 52.6 Å². The molecule has 6 rings (SSSR count). The zero-order chi connectivity index (χ0) is 21.6. The Morgan fingerprint density at radius 2 is 1.65 bits per heavy atom. The number of piperazine rings is 1. The molecule has 4 bridgehead atoms. The van der Waals surface area contributed by atoms with Gasteiger partial charge in [-0.15, -0.1) is 0 Å². The second kappa shape index (κ2) is 8.23. The van der Waals surface area contributed by atoms with Gasteiger partial charge in [0, 0.05) is 37.6 Å². The Balaban J connectivity index is 1.11. The number of benzene rings is 1. The molecule has 1 aromatic rings. The number of rotatable bonds is 5. The molecule has 0 radical (unpaired) electrons. The minimum atomic E-state index is -0.170. The SMILES string of the molecule is Cc1cccc(C(C)N2CCN(C(=O)CNC(=O)C34CC5CC(CC(C5)C3)C4)CC2)c1.